The van der Waals surface area contributed by atoms with E-state index in [1.807, 2.05) is 9.80 Å². The SMILES string of the molecule is CCN1CCN(c2ncnc(N3CCN(CC)CC3)c2[N+](=O)[O-])CC1. The van der Waals surface area contributed by atoms with Crippen molar-refractivity contribution >= 4 is 17.3 Å². The third-order valence-electron chi connectivity index (χ3n) is 5.20. The zero-order chi connectivity index (χ0) is 17.8. The third kappa shape index (κ3) is 3.82. The molecule has 2 aliphatic heterocycles. The Hall–Kier alpha value is -2.00. The highest BCUT2D eigenvalue weighted by Gasteiger charge is 2.32. The summed E-state index contributed by atoms with van der Waals surface area (Å²) in [5, 5.41) is 11.8. The van der Waals surface area contributed by atoms with Crippen LogP contribution in [0.3, 0.4) is 0 Å². The number of nitro groups is 1. The molecule has 1 aromatic heterocycles. The van der Waals surface area contributed by atoms with E-state index in [-0.39, 0.29) is 10.6 Å². The van der Waals surface area contributed by atoms with E-state index < -0.39 is 0 Å². The van der Waals surface area contributed by atoms with Gasteiger partial charge in [-0.2, -0.15) is 0 Å². The van der Waals surface area contributed by atoms with Crippen molar-refractivity contribution in [3.8, 4) is 0 Å². The minimum Gasteiger partial charge on any atom is -0.348 e. The molecule has 2 aliphatic rings. The summed E-state index contributed by atoms with van der Waals surface area (Å²) in [5.74, 6) is 0.923. The van der Waals surface area contributed by atoms with Crippen molar-refractivity contribution in [1.82, 2.24) is 19.8 Å². The lowest BCUT2D eigenvalue weighted by Gasteiger charge is -2.36. The van der Waals surface area contributed by atoms with Gasteiger partial charge in [-0.1, -0.05) is 13.8 Å². The van der Waals surface area contributed by atoms with E-state index in [2.05, 4.69) is 33.6 Å². The molecule has 0 aromatic carbocycles. The first-order valence-corrected chi connectivity index (χ1v) is 9.08. The average Bonchev–Trinajstić information content (AvgIpc) is 2.67. The molecule has 25 heavy (non-hydrogen) atoms. The van der Waals surface area contributed by atoms with E-state index in [1.165, 1.54) is 6.33 Å². The van der Waals surface area contributed by atoms with E-state index in [0.717, 1.165) is 65.4 Å². The van der Waals surface area contributed by atoms with Crippen molar-refractivity contribution < 1.29 is 4.92 Å². The highest BCUT2D eigenvalue weighted by molar-refractivity contribution is 5.71. The van der Waals surface area contributed by atoms with Crippen LogP contribution in [-0.2, 0) is 0 Å². The lowest BCUT2D eigenvalue weighted by Crippen LogP contribution is -2.48. The smallest absolute Gasteiger partial charge is 0.348 e. The fourth-order valence-electron chi connectivity index (χ4n) is 3.54. The molecule has 0 aliphatic carbocycles. The van der Waals surface area contributed by atoms with Gasteiger partial charge in [0.25, 0.3) is 0 Å². The van der Waals surface area contributed by atoms with Crippen molar-refractivity contribution in [3.05, 3.63) is 16.4 Å². The van der Waals surface area contributed by atoms with Crippen molar-refractivity contribution in [2.75, 3.05) is 75.2 Å². The van der Waals surface area contributed by atoms with Gasteiger partial charge in [-0.25, -0.2) is 9.97 Å². The minimum absolute atomic E-state index is 0.0531. The van der Waals surface area contributed by atoms with Crippen LogP contribution in [0.2, 0.25) is 0 Å². The predicted molar refractivity (Wildman–Crippen MR) is 97.3 cm³/mol. The second-order valence-corrected chi connectivity index (χ2v) is 6.47. The Morgan fingerprint density at radius 3 is 1.60 bits per heavy atom. The van der Waals surface area contributed by atoms with Crippen LogP contribution in [0.4, 0.5) is 17.3 Å². The van der Waals surface area contributed by atoms with E-state index in [0.29, 0.717) is 11.6 Å². The van der Waals surface area contributed by atoms with Crippen molar-refractivity contribution in [1.29, 1.82) is 0 Å². The molecule has 3 heterocycles. The van der Waals surface area contributed by atoms with Gasteiger partial charge in [-0.15, -0.1) is 0 Å². The highest BCUT2D eigenvalue weighted by Crippen LogP contribution is 2.34. The van der Waals surface area contributed by atoms with Gasteiger partial charge in [0.15, 0.2) is 0 Å². The first-order chi connectivity index (χ1) is 12.1. The summed E-state index contributed by atoms with van der Waals surface area (Å²) < 4.78 is 0. The number of anilines is 2. The van der Waals surface area contributed by atoms with Crippen molar-refractivity contribution in [2.24, 2.45) is 0 Å². The summed E-state index contributed by atoms with van der Waals surface area (Å²) in [4.78, 5) is 28.8. The number of piperazine rings is 2. The lowest BCUT2D eigenvalue weighted by atomic mass is 10.2. The number of likely N-dealkylation sites (N-methyl/N-ethyl adjacent to an activating group) is 2. The molecule has 0 saturated carbocycles. The first kappa shape index (κ1) is 17.8. The van der Waals surface area contributed by atoms with Crippen LogP contribution in [0.5, 0.6) is 0 Å². The highest BCUT2D eigenvalue weighted by atomic mass is 16.6. The molecule has 0 spiro atoms. The van der Waals surface area contributed by atoms with E-state index >= 15 is 0 Å². The van der Waals surface area contributed by atoms with Crippen LogP contribution in [0.1, 0.15) is 13.8 Å². The zero-order valence-electron chi connectivity index (χ0n) is 15.1. The Balaban J connectivity index is 1.84. The predicted octanol–water partition coefficient (Wildman–Crippen LogP) is 0.669. The number of nitrogens with zero attached hydrogens (tertiary/aromatic N) is 7. The number of hydrogen-bond donors (Lipinski definition) is 0. The van der Waals surface area contributed by atoms with Gasteiger partial charge >= 0.3 is 5.69 Å². The van der Waals surface area contributed by atoms with Gasteiger partial charge in [0.05, 0.1) is 4.92 Å². The van der Waals surface area contributed by atoms with Gasteiger partial charge in [0.2, 0.25) is 11.6 Å². The van der Waals surface area contributed by atoms with Crippen LogP contribution < -0.4 is 9.80 Å². The maximum Gasteiger partial charge on any atom is 0.353 e. The molecule has 9 heteroatoms. The Bertz CT molecular complexity index is 554. The second-order valence-electron chi connectivity index (χ2n) is 6.47. The summed E-state index contributed by atoms with van der Waals surface area (Å²) in [7, 11) is 0. The van der Waals surface area contributed by atoms with Gasteiger partial charge in [0, 0.05) is 52.4 Å². The van der Waals surface area contributed by atoms with Gasteiger partial charge in [-0.3, -0.25) is 10.1 Å². The van der Waals surface area contributed by atoms with Crippen LogP contribution in [0.25, 0.3) is 0 Å². The maximum absolute atomic E-state index is 11.8. The summed E-state index contributed by atoms with van der Waals surface area (Å²) in [6.07, 6.45) is 1.47. The fourth-order valence-corrected chi connectivity index (χ4v) is 3.54. The molecular weight excluding hydrogens is 322 g/mol. The van der Waals surface area contributed by atoms with Crippen LogP contribution in [-0.4, -0.2) is 90.1 Å². The zero-order valence-corrected chi connectivity index (χ0v) is 15.1. The molecule has 0 atom stereocenters. The van der Waals surface area contributed by atoms with E-state index in [4.69, 9.17) is 0 Å². The Morgan fingerprint density at radius 2 is 1.28 bits per heavy atom. The molecule has 2 fully saturated rings. The van der Waals surface area contributed by atoms with Crippen LogP contribution >= 0.6 is 0 Å². The average molecular weight is 349 g/mol. The molecule has 0 amide bonds. The molecule has 0 radical (unpaired) electrons. The normalized spacial score (nSPS) is 20.1. The molecule has 0 N–H and O–H groups in total. The largest absolute Gasteiger partial charge is 0.353 e. The standard InChI is InChI=1S/C16H27N7O2/c1-3-19-5-9-21(10-6-19)15-14(23(24)25)16(18-13-17-15)22-11-7-20(4-2)8-12-22/h13H,3-12H2,1-2H3. The number of hydrogen-bond acceptors (Lipinski definition) is 8. The minimum atomic E-state index is -0.316. The van der Waals surface area contributed by atoms with Gasteiger partial charge in [-0.05, 0) is 13.1 Å². The molecule has 1 aromatic rings. The molecule has 9 nitrogen and oxygen atoms in total. The quantitative estimate of drug-likeness (QED) is 0.567. The molecule has 0 unspecified atom stereocenters. The Morgan fingerprint density at radius 1 is 0.880 bits per heavy atom. The lowest BCUT2D eigenvalue weighted by molar-refractivity contribution is -0.383. The Kier molecular flexibility index (Phi) is 5.64. The molecule has 0 bridgehead atoms. The van der Waals surface area contributed by atoms with Crippen LogP contribution in [0.15, 0.2) is 6.33 Å². The fraction of sp³-hybridized carbons (Fsp3) is 0.750. The van der Waals surface area contributed by atoms with Crippen LogP contribution in [0, 0.1) is 10.1 Å². The first-order valence-electron chi connectivity index (χ1n) is 9.08. The second kappa shape index (κ2) is 7.92. The third-order valence-corrected chi connectivity index (χ3v) is 5.20. The summed E-state index contributed by atoms with van der Waals surface area (Å²) in [6.45, 7) is 12.9. The monoisotopic (exact) mass is 349 g/mol. The van der Waals surface area contributed by atoms with Gasteiger partial charge in [0.1, 0.15) is 6.33 Å². The number of aromatic nitrogens is 2. The molecule has 2 saturated heterocycles. The Labute approximate surface area is 148 Å². The van der Waals surface area contributed by atoms with Gasteiger partial charge < -0.3 is 19.6 Å². The summed E-state index contributed by atoms with van der Waals surface area (Å²) >= 11 is 0. The van der Waals surface area contributed by atoms with E-state index in [9.17, 15) is 10.1 Å². The molecule has 3 rings (SSSR count). The topological polar surface area (TPSA) is 81.9 Å². The van der Waals surface area contributed by atoms with Crippen molar-refractivity contribution in [3.63, 3.8) is 0 Å². The summed E-state index contributed by atoms with van der Waals surface area (Å²) in [6, 6.07) is 0. The van der Waals surface area contributed by atoms with E-state index in [1.54, 1.807) is 0 Å². The van der Waals surface area contributed by atoms with Crippen molar-refractivity contribution in [2.45, 2.75) is 13.8 Å². The molecule has 138 valence electrons. The number of rotatable bonds is 5. The summed E-state index contributed by atoms with van der Waals surface area (Å²) in [5.41, 5.74) is 0.0531. The maximum atomic E-state index is 11.8. The molecular formula is C16H27N7O2.